The number of hydrogen-bond acceptors (Lipinski definition) is 2. The van der Waals surface area contributed by atoms with Crippen molar-refractivity contribution < 1.29 is 4.74 Å². The molecule has 0 aliphatic carbocycles. The van der Waals surface area contributed by atoms with Gasteiger partial charge in [0.15, 0.2) is 0 Å². The molecule has 1 N–H and O–H groups in total. The van der Waals surface area contributed by atoms with Gasteiger partial charge in [-0.25, -0.2) is 0 Å². The van der Waals surface area contributed by atoms with E-state index in [2.05, 4.69) is 36.5 Å². The predicted molar refractivity (Wildman–Crippen MR) is 66.5 cm³/mol. The fourth-order valence-electron chi connectivity index (χ4n) is 2.05. The van der Waals surface area contributed by atoms with Crippen LogP contribution in [0.4, 0.5) is 0 Å². The average Bonchev–Trinajstić information content (AvgIpc) is 2.38. The van der Waals surface area contributed by atoms with E-state index in [0.717, 1.165) is 26.1 Å². The zero-order chi connectivity index (χ0) is 11.2. The van der Waals surface area contributed by atoms with E-state index in [1.54, 1.807) is 0 Å². The fourth-order valence-corrected chi connectivity index (χ4v) is 2.05. The van der Waals surface area contributed by atoms with Crippen molar-refractivity contribution >= 4 is 0 Å². The van der Waals surface area contributed by atoms with Crippen LogP contribution in [0.25, 0.3) is 0 Å². The topological polar surface area (TPSA) is 21.3 Å². The summed E-state index contributed by atoms with van der Waals surface area (Å²) < 4.78 is 5.88. The molecule has 2 rings (SSSR count). The van der Waals surface area contributed by atoms with Gasteiger partial charge in [-0.15, -0.1) is 0 Å². The van der Waals surface area contributed by atoms with Crippen molar-refractivity contribution in [2.24, 2.45) is 0 Å². The van der Waals surface area contributed by atoms with Gasteiger partial charge in [-0.05, 0) is 36.9 Å². The van der Waals surface area contributed by atoms with Crippen LogP contribution in [0.2, 0.25) is 0 Å². The molecule has 0 radical (unpaired) electrons. The summed E-state index contributed by atoms with van der Waals surface area (Å²) in [6, 6.07) is 8.74. The number of hydrogen-bond donors (Lipinski definition) is 1. The van der Waals surface area contributed by atoms with Crippen LogP contribution in [0.1, 0.15) is 30.9 Å². The molecule has 88 valence electrons. The Bertz CT molecular complexity index is 301. The molecular formula is C14H21NO. The van der Waals surface area contributed by atoms with Gasteiger partial charge in [-0.3, -0.25) is 0 Å². The summed E-state index contributed by atoms with van der Waals surface area (Å²) in [6.45, 7) is 5.08. The third kappa shape index (κ3) is 3.32. The Hall–Kier alpha value is -0.860. The van der Waals surface area contributed by atoms with Crippen molar-refractivity contribution in [1.82, 2.24) is 5.32 Å². The van der Waals surface area contributed by atoms with E-state index in [1.807, 2.05) is 0 Å². The molecule has 2 heteroatoms. The Morgan fingerprint density at radius 3 is 2.62 bits per heavy atom. The second-order valence-electron chi connectivity index (χ2n) is 4.45. The minimum atomic E-state index is 0.402. The Labute approximate surface area is 98.0 Å². The molecule has 1 aliphatic rings. The SMILES string of the molecule is CCc1ccc(CO[C@H]2CCCNC2)cc1. The fraction of sp³-hybridized carbons (Fsp3) is 0.571. The highest BCUT2D eigenvalue weighted by molar-refractivity contribution is 5.21. The van der Waals surface area contributed by atoms with Gasteiger partial charge in [-0.1, -0.05) is 31.2 Å². The van der Waals surface area contributed by atoms with Crippen LogP contribution >= 0.6 is 0 Å². The third-order valence-electron chi connectivity index (χ3n) is 3.17. The molecule has 1 fully saturated rings. The van der Waals surface area contributed by atoms with E-state index in [1.165, 1.54) is 24.0 Å². The van der Waals surface area contributed by atoms with E-state index in [-0.39, 0.29) is 0 Å². The maximum atomic E-state index is 5.88. The van der Waals surface area contributed by atoms with Crippen molar-refractivity contribution in [2.75, 3.05) is 13.1 Å². The molecule has 1 aliphatic heterocycles. The van der Waals surface area contributed by atoms with Crippen LogP contribution in [0.5, 0.6) is 0 Å². The normalized spacial score (nSPS) is 20.9. The second kappa shape index (κ2) is 6.02. The number of piperidine rings is 1. The van der Waals surface area contributed by atoms with E-state index in [4.69, 9.17) is 4.74 Å². The largest absolute Gasteiger partial charge is 0.372 e. The summed E-state index contributed by atoms with van der Waals surface area (Å²) in [6.07, 6.45) is 3.94. The summed E-state index contributed by atoms with van der Waals surface area (Å²) in [5, 5.41) is 3.36. The summed E-state index contributed by atoms with van der Waals surface area (Å²) in [5.41, 5.74) is 2.67. The van der Waals surface area contributed by atoms with Crippen LogP contribution in [-0.2, 0) is 17.8 Å². The van der Waals surface area contributed by atoms with Gasteiger partial charge < -0.3 is 10.1 Å². The van der Waals surface area contributed by atoms with Crippen LogP contribution in [-0.4, -0.2) is 19.2 Å². The first-order chi connectivity index (χ1) is 7.88. The van der Waals surface area contributed by atoms with Crippen LogP contribution in [0.15, 0.2) is 24.3 Å². The summed E-state index contributed by atoms with van der Waals surface area (Å²) in [7, 11) is 0. The smallest absolute Gasteiger partial charge is 0.0721 e. The molecule has 1 aromatic rings. The highest BCUT2D eigenvalue weighted by atomic mass is 16.5. The molecular weight excluding hydrogens is 198 g/mol. The molecule has 2 nitrogen and oxygen atoms in total. The maximum absolute atomic E-state index is 5.88. The van der Waals surface area contributed by atoms with Gasteiger partial charge >= 0.3 is 0 Å². The molecule has 1 atom stereocenters. The summed E-state index contributed by atoms with van der Waals surface area (Å²) >= 11 is 0. The monoisotopic (exact) mass is 219 g/mol. The molecule has 0 spiro atoms. The van der Waals surface area contributed by atoms with Crippen LogP contribution < -0.4 is 5.32 Å². The molecule has 0 unspecified atom stereocenters. The van der Waals surface area contributed by atoms with Crippen LogP contribution in [0, 0.1) is 0 Å². The minimum absolute atomic E-state index is 0.402. The second-order valence-corrected chi connectivity index (χ2v) is 4.45. The number of aryl methyl sites for hydroxylation is 1. The van der Waals surface area contributed by atoms with Crippen molar-refractivity contribution in [3.8, 4) is 0 Å². The molecule has 0 bridgehead atoms. The van der Waals surface area contributed by atoms with Gasteiger partial charge in [0, 0.05) is 6.54 Å². The Kier molecular flexibility index (Phi) is 4.37. The van der Waals surface area contributed by atoms with Crippen molar-refractivity contribution in [3.05, 3.63) is 35.4 Å². The third-order valence-corrected chi connectivity index (χ3v) is 3.17. The molecule has 1 aromatic carbocycles. The van der Waals surface area contributed by atoms with E-state index < -0.39 is 0 Å². The summed E-state index contributed by atoms with van der Waals surface area (Å²) in [5.74, 6) is 0. The Morgan fingerprint density at radius 2 is 2.00 bits per heavy atom. The van der Waals surface area contributed by atoms with E-state index in [9.17, 15) is 0 Å². The van der Waals surface area contributed by atoms with E-state index in [0.29, 0.717) is 6.10 Å². The zero-order valence-corrected chi connectivity index (χ0v) is 10.0. The Morgan fingerprint density at radius 1 is 1.25 bits per heavy atom. The van der Waals surface area contributed by atoms with Gasteiger partial charge in [0.05, 0.1) is 12.7 Å². The van der Waals surface area contributed by atoms with Gasteiger partial charge in [0.2, 0.25) is 0 Å². The molecule has 0 saturated carbocycles. The predicted octanol–water partition coefficient (Wildman–Crippen LogP) is 2.52. The highest BCUT2D eigenvalue weighted by Gasteiger charge is 2.12. The van der Waals surface area contributed by atoms with Crippen molar-refractivity contribution in [2.45, 2.75) is 38.9 Å². The molecule has 1 saturated heterocycles. The van der Waals surface area contributed by atoms with Crippen molar-refractivity contribution in [3.63, 3.8) is 0 Å². The van der Waals surface area contributed by atoms with Gasteiger partial charge in [0.25, 0.3) is 0 Å². The maximum Gasteiger partial charge on any atom is 0.0721 e. The first-order valence-electron chi connectivity index (χ1n) is 6.28. The number of benzene rings is 1. The zero-order valence-electron chi connectivity index (χ0n) is 10.0. The lowest BCUT2D eigenvalue weighted by Gasteiger charge is -2.23. The number of rotatable bonds is 4. The minimum Gasteiger partial charge on any atom is -0.372 e. The molecule has 16 heavy (non-hydrogen) atoms. The first-order valence-corrected chi connectivity index (χ1v) is 6.28. The van der Waals surface area contributed by atoms with Gasteiger partial charge in [0.1, 0.15) is 0 Å². The van der Waals surface area contributed by atoms with E-state index >= 15 is 0 Å². The summed E-state index contributed by atoms with van der Waals surface area (Å²) in [4.78, 5) is 0. The number of ether oxygens (including phenoxy) is 1. The molecule has 1 heterocycles. The lowest BCUT2D eigenvalue weighted by molar-refractivity contribution is 0.0253. The highest BCUT2D eigenvalue weighted by Crippen LogP contribution is 2.11. The molecule has 0 aromatic heterocycles. The lowest BCUT2D eigenvalue weighted by atomic mass is 10.1. The number of nitrogens with one attached hydrogen (secondary N) is 1. The van der Waals surface area contributed by atoms with Crippen LogP contribution in [0.3, 0.4) is 0 Å². The quantitative estimate of drug-likeness (QED) is 0.840. The standard InChI is InChI=1S/C14H21NO/c1-2-12-5-7-13(8-6-12)11-16-14-4-3-9-15-10-14/h5-8,14-15H,2-4,9-11H2,1H3/t14-/m0/s1. The van der Waals surface area contributed by atoms with Gasteiger partial charge in [-0.2, -0.15) is 0 Å². The lowest BCUT2D eigenvalue weighted by Crippen LogP contribution is -2.35. The molecule has 0 amide bonds. The van der Waals surface area contributed by atoms with Crippen molar-refractivity contribution in [1.29, 1.82) is 0 Å². The first kappa shape index (κ1) is 11.6. The average molecular weight is 219 g/mol. The Balaban J connectivity index is 1.79.